The highest BCUT2D eigenvalue weighted by Gasteiger charge is 2.30. The molecule has 1 amide bonds. The molecule has 0 aromatic heterocycles. The summed E-state index contributed by atoms with van der Waals surface area (Å²) < 4.78 is 44.9. The van der Waals surface area contributed by atoms with Crippen LogP contribution in [-0.2, 0) is 19.3 Å². The van der Waals surface area contributed by atoms with Crippen LogP contribution in [-0.4, -0.2) is 5.91 Å². The van der Waals surface area contributed by atoms with Gasteiger partial charge in [-0.15, -0.1) is 0 Å². The van der Waals surface area contributed by atoms with E-state index in [2.05, 4.69) is 0 Å². The zero-order valence-corrected chi connectivity index (χ0v) is 19.3. The molecular formula is C28H21ClF3NO2. The molecular weight excluding hydrogens is 475 g/mol. The van der Waals surface area contributed by atoms with Crippen LogP contribution in [0.4, 0.5) is 18.9 Å². The van der Waals surface area contributed by atoms with Gasteiger partial charge in [0, 0.05) is 5.69 Å². The summed E-state index contributed by atoms with van der Waals surface area (Å²) in [6.45, 7) is 0.553. The van der Waals surface area contributed by atoms with Crippen LogP contribution < -0.4 is 9.64 Å². The molecule has 0 heterocycles. The number of alkyl halides is 3. The summed E-state index contributed by atoms with van der Waals surface area (Å²) in [4.78, 5) is 14.8. The smallest absolute Gasteiger partial charge is 0.416 e. The first-order valence-electron chi connectivity index (χ1n) is 10.8. The average Bonchev–Trinajstić information content (AvgIpc) is 2.87. The average molecular weight is 496 g/mol. The monoisotopic (exact) mass is 495 g/mol. The lowest BCUT2D eigenvalue weighted by Crippen LogP contribution is -2.30. The lowest BCUT2D eigenvalue weighted by atomic mass is 10.1. The van der Waals surface area contributed by atoms with Crippen LogP contribution in [0.3, 0.4) is 0 Å². The molecule has 0 saturated heterocycles. The molecule has 0 aliphatic heterocycles. The van der Waals surface area contributed by atoms with Crippen LogP contribution in [0.15, 0.2) is 103 Å². The number of carbonyl (C=O) groups excluding carboxylic acids is 1. The van der Waals surface area contributed by atoms with Gasteiger partial charge in [0.05, 0.1) is 22.7 Å². The highest BCUT2D eigenvalue weighted by Crippen LogP contribution is 2.32. The molecule has 35 heavy (non-hydrogen) atoms. The predicted octanol–water partition coefficient (Wildman–Crippen LogP) is 7.78. The van der Waals surface area contributed by atoms with Crippen LogP contribution in [0, 0.1) is 0 Å². The summed E-state index contributed by atoms with van der Waals surface area (Å²) in [6, 6.07) is 28.0. The normalized spacial score (nSPS) is 11.2. The Kier molecular flexibility index (Phi) is 7.42. The summed E-state index contributed by atoms with van der Waals surface area (Å²) in [6.07, 6.45) is -4.47. The minimum atomic E-state index is -4.47. The van der Waals surface area contributed by atoms with Gasteiger partial charge in [-0.1, -0.05) is 66.2 Å². The van der Waals surface area contributed by atoms with Crippen molar-refractivity contribution in [1.82, 2.24) is 0 Å². The predicted molar refractivity (Wildman–Crippen MR) is 131 cm³/mol. The first kappa shape index (κ1) is 24.4. The lowest BCUT2D eigenvalue weighted by Gasteiger charge is -2.24. The quantitative estimate of drug-likeness (QED) is 0.262. The van der Waals surface area contributed by atoms with E-state index in [1.54, 1.807) is 36.4 Å². The summed E-state index contributed by atoms with van der Waals surface area (Å²) >= 11 is 6.23. The van der Waals surface area contributed by atoms with Gasteiger partial charge in [0.25, 0.3) is 5.91 Å². The Morgan fingerprint density at radius 3 is 2.03 bits per heavy atom. The Balaban J connectivity index is 1.56. The van der Waals surface area contributed by atoms with Crippen LogP contribution >= 0.6 is 11.6 Å². The molecule has 0 aliphatic carbocycles. The van der Waals surface area contributed by atoms with Gasteiger partial charge in [0.1, 0.15) is 12.4 Å². The number of ether oxygens (including phenoxy) is 1. The highest BCUT2D eigenvalue weighted by molar-refractivity contribution is 6.34. The first-order chi connectivity index (χ1) is 16.8. The number of rotatable bonds is 7. The van der Waals surface area contributed by atoms with E-state index in [-0.39, 0.29) is 17.1 Å². The fraction of sp³-hybridized carbons (Fsp3) is 0.107. The molecule has 0 N–H and O–H groups in total. The summed E-state index contributed by atoms with van der Waals surface area (Å²) in [5.74, 6) is 0.246. The molecule has 0 saturated carbocycles. The first-order valence-corrected chi connectivity index (χ1v) is 11.2. The van der Waals surface area contributed by atoms with E-state index >= 15 is 0 Å². The van der Waals surface area contributed by atoms with Crippen molar-refractivity contribution >= 4 is 23.2 Å². The van der Waals surface area contributed by atoms with Gasteiger partial charge in [-0.25, -0.2) is 0 Å². The van der Waals surface area contributed by atoms with Crippen LogP contribution in [0.5, 0.6) is 5.75 Å². The molecule has 0 radical (unpaired) electrons. The second-order valence-corrected chi connectivity index (χ2v) is 8.24. The van der Waals surface area contributed by atoms with Crippen LogP contribution in [0.2, 0.25) is 5.02 Å². The minimum absolute atomic E-state index is 0.133. The fourth-order valence-corrected chi connectivity index (χ4v) is 3.72. The van der Waals surface area contributed by atoms with Gasteiger partial charge >= 0.3 is 6.18 Å². The third-order valence-corrected chi connectivity index (χ3v) is 5.70. The molecule has 0 bridgehead atoms. The molecule has 4 aromatic rings. The molecule has 0 unspecified atom stereocenters. The Morgan fingerprint density at radius 1 is 0.771 bits per heavy atom. The SMILES string of the molecule is O=C(c1ccccc1Cl)N(Cc1ccc(OCc2ccccc2)cc1)c1ccc(C(F)(F)F)cc1. The van der Waals surface area contributed by atoms with E-state index in [9.17, 15) is 18.0 Å². The number of halogens is 4. The van der Waals surface area contributed by atoms with Gasteiger partial charge in [-0.05, 0) is 59.7 Å². The van der Waals surface area contributed by atoms with Crippen molar-refractivity contribution in [3.8, 4) is 5.75 Å². The van der Waals surface area contributed by atoms with Gasteiger partial charge in [0.15, 0.2) is 0 Å². The van der Waals surface area contributed by atoms with Crippen molar-refractivity contribution in [1.29, 1.82) is 0 Å². The van der Waals surface area contributed by atoms with Crippen LogP contribution in [0.25, 0.3) is 0 Å². The molecule has 4 aromatic carbocycles. The third-order valence-electron chi connectivity index (χ3n) is 5.37. The van der Waals surface area contributed by atoms with E-state index < -0.39 is 17.6 Å². The van der Waals surface area contributed by atoms with Crippen LogP contribution in [0.1, 0.15) is 27.0 Å². The maximum atomic E-state index is 13.4. The van der Waals surface area contributed by atoms with Crippen molar-refractivity contribution in [3.05, 3.63) is 130 Å². The molecule has 0 atom stereocenters. The Morgan fingerprint density at radius 2 is 1.40 bits per heavy atom. The van der Waals surface area contributed by atoms with Gasteiger partial charge in [-0.3, -0.25) is 4.79 Å². The van der Waals surface area contributed by atoms with Crippen molar-refractivity contribution in [2.24, 2.45) is 0 Å². The van der Waals surface area contributed by atoms with Crippen molar-refractivity contribution in [2.75, 3.05) is 4.90 Å². The second kappa shape index (κ2) is 10.7. The zero-order valence-electron chi connectivity index (χ0n) is 18.5. The molecule has 178 valence electrons. The largest absolute Gasteiger partial charge is 0.489 e. The Hall–Kier alpha value is -3.77. The number of hydrogen-bond donors (Lipinski definition) is 0. The number of hydrogen-bond acceptors (Lipinski definition) is 2. The number of nitrogens with zero attached hydrogens (tertiary/aromatic N) is 1. The molecule has 0 fully saturated rings. The van der Waals surface area contributed by atoms with Gasteiger partial charge in [0.2, 0.25) is 0 Å². The lowest BCUT2D eigenvalue weighted by molar-refractivity contribution is -0.137. The second-order valence-electron chi connectivity index (χ2n) is 7.83. The van der Waals surface area contributed by atoms with E-state index in [1.807, 2.05) is 42.5 Å². The molecule has 7 heteroatoms. The topological polar surface area (TPSA) is 29.5 Å². The fourth-order valence-electron chi connectivity index (χ4n) is 3.51. The van der Waals surface area contributed by atoms with Gasteiger partial charge in [-0.2, -0.15) is 13.2 Å². The number of amides is 1. The maximum absolute atomic E-state index is 13.4. The van der Waals surface area contributed by atoms with E-state index in [0.29, 0.717) is 18.0 Å². The zero-order chi connectivity index (χ0) is 24.8. The standard InChI is InChI=1S/C28H21ClF3NO2/c29-26-9-5-4-8-25(26)27(34)33(23-14-12-22(13-15-23)28(30,31)32)18-20-10-16-24(17-11-20)35-19-21-6-2-1-3-7-21/h1-17H,18-19H2. The number of anilines is 1. The Bertz CT molecular complexity index is 1270. The minimum Gasteiger partial charge on any atom is -0.489 e. The van der Waals surface area contributed by atoms with E-state index in [0.717, 1.165) is 23.3 Å². The van der Waals surface area contributed by atoms with E-state index in [4.69, 9.17) is 16.3 Å². The summed E-state index contributed by atoms with van der Waals surface area (Å²) in [5.41, 5.74) is 1.61. The highest BCUT2D eigenvalue weighted by atomic mass is 35.5. The summed E-state index contributed by atoms with van der Waals surface area (Å²) in [5, 5.41) is 0.263. The Labute approximate surface area is 206 Å². The van der Waals surface area contributed by atoms with E-state index in [1.165, 1.54) is 17.0 Å². The molecule has 4 rings (SSSR count). The number of benzene rings is 4. The summed E-state index contributed by atoms with van der Waals surface area (Å²) in [7, 11) is 0. The van der Waals surface area contributed by atoms with Crippen molar-refractivity contribution < 1.29 is 22.7 Å². The maximum Gasteiger partial charge on any atom is 0.416 e. The molecule has 0 spiro atoms. The molecule has 3 nitrogen and oxygen atoms in total. The van der Waals surface area contributed by atoms with Gasteiger partial charge < -0.3 is 9.64 Å². The third kappa shape index (κ3) is 6.22. The van der Waals surface area contributed by atoms with Crippen molar-refractivity contribution in [2.45, 2.75) is 19.3 Å². The number of carbonyl (C=O) groups is 1. The van der Waals surface area contributed by atoms with Crippen molar-refractivity contribution in [3.63, 3.8) is 0 Å². The molecule has 0 aliphatic rings.